The Morgan fingerprint density at radius 3 is 2.56 bits per heavy atom. The van der Waals surface area contributed by atoms with Crippen molar-refractivity contribution in [3.63, 3.8) is 0 Å². The van der Waals surface area contributed by atoms with Gasteiger partial charge in [0, 0.05) is 24.3 Å². The fraction of sp³-hybridized carbons (Fsp3) is 0.333. The van der Waals surface area contributed by atoms with Crippen LogP contribution in [0.5, 0.6) is 5.75 Å². The van der Waals surface area contributed by atoms with E-state index in [0.29, 0.717) is 13.2 Å². The first-order chi connectivity index (χ1) is 13.0. The van der Waals surface area contributed by atoms with Crippen LogP contribution in [0.15, 0.2) is 42.5 Å². The molecule has 2 aromatic rings. The third-order valence-electron chi connectivity index (χ3n) is 4.68. The lowest BCUT2D eigenvalue weighted by atomic mass is 10.1. The van der Waals surface area contributed by atoms with Crippen molar-refractivity contribution in [3.05, 3.63) is 53.6 Å². The van der Waals surface area contributed by atoms with Gasteiger partial charge in [0.2, 0.25) is 5.91 Å². The second kappa shape index (κ2) is 8.12. The fourth-order valence-corrected chi connectivity index (χ4v) is 3.11. The van der Waals surface area contributed by atoms with Gasteiger partial charge in [0.05, 0.1) is 12.6 Å². The van der Waals surface area contributed by atoms with Gasteiger partial charge >= 0.3 is 6.03 Å². The Bertz CT molecular complexity index is 833. The number of nitrogens with zero attached hydrogens (tertiary/aromatic N) is 1. The summed E-state index contributed by atoms with van der Waals surface area (Å²) in [6.07, 6.45) is 0.285. The van der Waals surface area contributed by atoms with Crippen molar-refractivity contribution in [3.8, 4) is 5.75 Å². The number of hydrogen-bond acceptors (Lipinski definition) is 3. The van der Waals surface area contributed by atoms with Gasteiger partial charge in [-0.1, -0.05) is 6.07 Å². The van der Waals surface area contributed by atoms with Crippen molar-refractivity contribution in [1.29, 1.82) is 0 Å². The van der Waals surface area contributed by atoms with Crippen molar-refractivity contribution in [2.24, 2.45) is 0 Å². The lowest BCUT2D eigenvalue weighted by Gasteiger charge is -2.18. The van der Waals surface area contributed by atoms with Crippen LogP contribution in [0.4, 0.5) is 16.2 Å². The molecule has 1 aliphatic heterocycles. The first-order valence-corrected chi connectivity index (χ1v) is 9.14. The number of rotatable bonds is 5. The molecule has 1 fully saturated rings. The molecule has 0 aromatic heterocycles. The summed E-state index contributed by atoms with van der Waals surface area (Å²) >= 11 is 0. The van der Waals surface area contributed by atoms with Gasteiger partial charge < -0.3 is 20.3 Å². The number of carbonyl (C=O) groups is 2. The third-order valence-corrected chi connectivity index (χ3v) is 4.68. The molecule has 3 amide bonds. The number of anilines is 2. The predicted octanol–water partition coefficient (Wildman–Crippen LogP) is 3.63. The molecule has 142 valence electrons. The number of benzene rings is 2. The summed E-state index contributed by atoms with van der Waals surface area (Å²) < 4.78 is 5.43. The number of nitrogens with one attached hydrogen (secondary N) is 2. The predicted molar refractivity (Wildman–Crippen MR) is 106 cm³/mol. The SMILES string of the molecule is CCOc1ccc(N2CC(NC(=O)Nc3ccc(C)c(C)c3)CC2=O)cc1. The summed E-state index contributed by atoms with van der Waals surface area (Å²) in [5, 5.41) is 5.72. The Hall–Kier alpha value is -3.02. The molecule has 1 unspecified atom stereocenters. The average molecular weight is 367 g/mol. The van der Waals surface area contributed by atoms with Crippen LogP contribution >= 0.6 is 0 Å². The van der Waals surface area contributed by atoms with Gasteiger partial charge in [0.25, 0.3) is 0 Å². The summed E-state index contributed by atoms with van der Waals surface area (Å²) in [4.78, 5) is 26.3. The van der Waals surface area contributed by atoms with E-state index in [2.05, 4.69) is 10.6 Å². The zero-order chi connectivity index (χ0) is 19.4. The van der Waals surface area contributed by atoms with Crippen LogP contribution in [0.3, 0.4) is 0 Å². The van der Waals surface area contributed by atoms with E-state index in [1.165, 1.54) is 5.56 Å². The number of urea groups is 1. The zero-order valence-corrected chi connectivity index (χ0v) is 15.9. The average Bonchev–Trinajstić information content (AvgIpc) is 2.99. The second-order valence-corrected chi connectivity index (χ2v) is 6.73. The summed E-state index contributed by atoms with van der Waals surface area (Å²) in [6.45, 7) is 7.01. The standard InChI is InChI=1S/C21H25N3O3/c1-4-27-19-9-7-18(8-10-19)24-13-17(12-20(24)25)23-21(26)22-16-6-5-14(2)15(3)11-16/h5-11,17H,4,12-13H2,1-3H3,(H2,22,23,26). The van der Waals surface area contributed by atoms with Gasteiger partial charge in [-0.15, -0.1) is 0 Å². The highest BCUT2D eigenvalue weighted by molar-refractivity contribution is 5.97. The van der Waals surface area contributed by atoms with Gasteiger partial charge in [-0.25, -0.2) is 4.79 Å². The van der Waals surface area contributed by atoms with E-state index in [0.717, 1.165) is 22.7 Å². The summed E-state index contributed by atoms with van der Waals surface area (Å²) in [7, 11) is 0. The highest BCUT2D eigenvalue weighted by atomic mass is 16.5. The van der Waals surface area contributed by atoms with Crippen LogP contribution in [0.2, 0.25) is 0 Å². The highest BCUT2D eigenvalue weighted by Gasteiger charge is 2.31. The van der Waals surface area contributed by atoms with Gasteiger partial charge in [-0.2, -0.15) is 0 Å². The van der Waals surface area contributed by atoms with Crippen LogP contribution in [0.1, 0.15) is 24.5 Å². The molecule has 1 atom stereocenters. The largest absolute Gasteiger partial charge is 0.494 e. The molecule has 1 aliphatic rings. The molecule has 2 aromatic carbocycles. The molecule has 6 heteroatoms. The van der Waals surface area contributed by atoms with Crippen molar-refractivity contribution < 1.29 is 14.3 Å². The van der Waals surface area contributed by atoms with Crippen LogP contribution in [0.25, 0.3) is 0 Å². The van der Waals surface area contributed by atoms with E-state index in [9.17, 15) is 9.59 Å². The summed E-state index contributed by atoms with van der Waals surface area (Å²) in [5.41, 5.74) is 3.84. The molecular weight excluding hydrogens is 342 g/mol. The Morgan fingerprint density at radius 1 is 1.15 bits per heavy atom. The highest BCUT2D eigenvalue weighted by Crippen LogP contribution is 2.24. The van der Waals surface area contributed by atoms with Crippen LogP contribution in [0, 0.1) is 13.8 Å². The molecule has 27 heavy (non-hydrogen) atoms. The monoisotopic (exact) mass is 367 g/mol. The van der Waals surface area contributed by atoms with Gasteiger partial charge in [0.1, 0.15) is 5.75 Å². The first kappa shape index (κ1) is 18.8. The molecule has 6 nitrogen and oxygen atoms in total. The minimum Gasteiger partial charge on any atom is -0.494 e. The third kappa shape index (κ3) is 4.58. The Labute approximate surface area is 159 Å². The molecule has 1 saturated heterocycles. The van der Waals surface area contributed by atoms with Crippen LogP contribution < -0.4 is 20.3 Å². The van der Waals surface area contributed by atoms with Crippen LogP contribution in [-0.4, -0.2) is 31.1 Å². The Balaban J connectivity index is 1.58. The van der Waals surface area contributed by atoms with Gasteiger partial charge in [-0.3, -0.25) is 4.79 Å². The molecular formula is C21H25N3O3. The van der Waals surface area contributed by atoms with Crippen molar-refractivity contribution >= 4 is 23.3 Å². The molecule has 0 bridgehead atoms. The van der Waals surface area contributed by atoms with E-state index in [1.807, 2.05) is 63.2 Å². The van der Waals surface area contributed by atoms with Gasteiger partial charge in [0.15, 0.2) is 0 Å². The van der Waals surface area contributed by atoms with Crippen LogP contribution in [-0.2, 0) is 4.79 Å². The summed E-state index contributed by atoms with van der Waals surface area (Å²) in [6, 6.07) is 12.7. The number of amides is 3. The number of carbonyl (C=O) groups excluding carboxylic acids is 2. The fourth-order valence-electron chi connectivity index (χ4n) is 3.11. The van der Waals surface area contributed by atoms with Crippen molar-refractivity contribution in [2.45, 2.75) is 33.2 Å². The first-order valence-electron chi connectivity index (χ1n) is 9.14. The molecule has 1 heterocycles. The molecule has 0 aliphatic carbocycles. The zero-order valence-electron chi connectivity index (χ0n) is 15.9. The van der Waals surface area contributed by atoms with Crippen molar-refractivity contribution in [2.75, 3.05) is 23.4 Å². The van der Waals surface area contributed by atoms with Crippen molar-refractivity contribution in [1.82, 2.24) is 5.32 Å². The molecule has 3 rings (SSSR count). The minimum absolute atomic E-state index is 0.00404. The van der Waals surface area contributed by atoms with Gasteiger partial charge in [-0.05, 0) is 68.3 Å². The second-order valence-electron chi connectivity index (χ2n) is 6.73. The number of hydrogen-bond donors (Lipinski definition) is 2. The Morgan fingerprint density at radius 2 is 1.89 bits per heavy atom. The van der Waals surface area contributed by atoms with E-state index >= 15 is 0 Å². The quantitative estimate of drug-likeness (QED) is 0.848. The molecule has 0 spiro atoms. The van der Waals surface area contributed by atoms with E-state index in [4.69, 9.17) is 4.74 Å². The van der Waals surface area contributed by atoms with E-state index < -0.39 is 0 Å². The Kier molecular flexibility index (Phi) is 5.64. The smallest absolute Gasteiger partial charge is 0.319 e. The van der Waals surface area contributed by atoms with E-state index in [-0.39, 0.29) is 24.4 Å². The van der Waals surface area contributed by atoms with E-state index in [1.54, 1.807) is 4.90 Å². The molecule has 2 N–H and O–H groups in total. The molecule has 0 saturated carbocycles. The lowest BCUT2D eigenvalue weighted by molar-refractivity contribution is -0.117. The topological polar surface area (TPSA) is 70.7 Å². The maximum absolute atomic E-state index is 12.3. The summed E-state index contributed by atoms with van der Waals surface area (Å²) in [5.74, 6) is 0.769. The normalized spacial score (nSPS) is 16.3. The number of aryl methyl sites for hydroxylation is 2. The number of ether oxygens (including phenoxy) is 1. The maximum Gasteiger partial charge on any atom is 0.319 e. The minimum atomic E-state index is -0.301. The molecule has 0 radical (unpaired) electrons. The lowest BCUT2D eigenvalue weighted by Crippen LogP contribution is -2.39. The maximum atomic E-state index is 12.3.